The van der Waals surface area contributed by atoms with Crippen LogP contribution >= 0.6 is 0 Å². The summed E-state index contributed by atoms with van der Waals surface area (Å²) in [5, 5.41) is 24.2. The van der Waals surface area contributed by atoms with E-state index in [0.717, 1.165) is 16.8 Å². The van der Waals surface area contributed by atoms with Crippen molar-refractivity contribution < 1.29 is 4.79 Å². The summed E-state index contributed by atoms with van der Waals surface area (Å²) < 4.78 is 0. The summed E-state index contributed by atoms with van der Waals surface area (Å²) >= 11 is 0. The van der Waals surface area contributed by atoms with E-state index in [4.69, 9.17) is 10.8 Å². The van der Waals surface area contributed by atoms with Crippen molar-refractivity contribution in [1.82, 2.24) is 4.98 Å². The number of nitrogens with zero attached hydrogens (tertiary/aromatic N) is 2. The summed E-state index contributed by atoms with van der Waals surface area (Å²) in [6.45, 7) is 0. The molecule has 0 spiro atoms. The molecule has 0 atom stereocenters. The van der Waals surface area contributed by atoms with Gasteiger partial charge in [0.2, 0.25) is 0 Å². The number of pyridine rings is 1. The first-order valence-electron chi connectivity index (χ1n) is 12.4. The number of aromatic nitrogens is 1. The lowest BCUT2D eigenvalue weighted by Crippen LogP contribution is -2.36. The molecule has 0 fully saturated rings. The largest absolute Gasteiger partial charge is 0.338 e. The van der Waals surface area contributed by atoms with E-state index in [2.05, 4.69) is 15.6 Å². The fourth-order valence-electron chi connectivity index (χ4n) is 4.56. The molecule has 0 bridgehead atoms. The van der Waals surface area contributed by atoms with Crippen LogP contribution in [0.2, 0.25) is 0 Å². The SMILES string of the molecule is N=C(c1ccc(NC(=O)c2ccc(-c3ccccc3)cc2)cc1)N1C(=N)c2ccccc2Nc2ncccc21. The summed E-state index contributed by atoms with van der Waals surface area (Å²) in [5.74, 6) is 0.654. The van der Waals surface area contributed by atoms with Crippen LogP contribution in [0.4, 0.5) is 22.9 Å². The van der Waals surface area contributed by atoms with Crippen molar-refractivity contribution in [1.29, 1.82) is 10.8 Å². The molecule has 4 N–H and O–H groups in total. The van der Waals surface area contributed by atoms with Gasteiger partial charge in [0.1, 0.15) is 11.7 Å². The third-order valence-corrected chi connectivity index (χ3v) is 6.58. The van der Waals surface area contributed by atoms with Gasteiger partial charge in [-0.05, 0) is 71.8 Å². The molecule has 0 unspecified atom stereocenters. The first-order chi connectivity index (χ1) is 19.1. The van der Waals surface area contributed by atoms with E-state index in [0.29, 0.717) is 33.9 Å². The van der Waals surface area contributed by atoms with Gasteiger partial charge in [-0.25, -0.2) is 4.98 Å². The van der Waals surface area contributed by atoms with Gasteiger partial charge >= 0.3 is 0 Å². The molecule has 1 aromatic heterocycles. The van der Waals surface area contributed by atoms with E-state index in [-0.39, 0.29) is 17.6 Å². The Morgan fingerprint density at radius 2 is 1.41 bits per heavy atom. The zero-order chi connectivity index (χ0) is 26.8. The van der Waals surface area contributed by atoms with Crippen LogP contribution in [0.15, 0.2) is 121 Å². The van der Waals surface area contributed by atoms with Crippen LogP contribution in [-0.4, -0.2) is 22.6 Å². The number of amidine groups is 2. The maximum absolute atomic E-state index is 12.9. The summed E-state index contributed by atoms with van der Waals surface area (Å²) in [7, 11) is 0. The fraction of sp³-hybridized carbons (Fsp3) is 0. The molecular weight excluding hydrogens is 484 g/mol. The smallest absolute Gasteiger partial charge is 0.255 e. The Morgan fingerprint density at radius 1 is 0.744 bits per heavy atom. The number of hydrogen-bond acceptors (Lipinski definition) is 5. The van der Waals surface area contributed by atoms with Gasteiger partial charge in [-0.3, -0.25) is 20.5 Å². The Bertz CT molecular complexity index is 1700. The molecule has 1 amide bonds. The number of anilines is 4. The third kappa shape index (κ3) is 4.65. The highest BCUT2D eigenvalue weighted by molar-refractivity contribution is 6.30. The standard InChI is InChI=1S/C32H24N6O/c33-29(38-28-11-6-20-35-31(28)37-27-10-5-4-9-26(27)30(38)34)23-16-18-25(19-17-23)36-32(39)24-14-12-22(13-15-24)21-7-2-1-3-8-21/h1-20,33-34H,(H,35,37)(H,36,39). The van der Waals surface area contributed by atoms with Crippen molar-refractivity contribution in [2.75, 3.05) is 15.5 Å². The molecule has 6 rings (SSSR count). The molecule has 0 saturated heterocycles. The maximum Gasteiger partial charge on any atom is 0.255 e. The van der Waals surface area contributed by atoms with Crippen molar-refractivity contribution in [3.05, 3.63) is 138 Å². The Morgan fingerprint density at radius 3 is 2.18 bits per heavy atom. The monoisotopic (exact) mass is 508 g/mol. The number of fused-ring (bicyclic) bond motifs is 2. The quantitative estimate of drug-likeness (QED) is 0.156. The zero-order valence-corrected chi connectivity index (χ0v) is 20.8. The molecule has 188 valence electrons. The number of carbonyl (C=O) groups excluding carboxylic acids is 1. The second-order valence-electron chi connectivity index (χ2n) is 9.05. The van der Waals surface area contributed by atoms with Crippen molar-refractivity contribution in [2.24, 2.45) is 0 Å². The van der Waals surface area contributed by atoms with E-state index in [1.54, 1.807) is 41.4 Å². The molecule has 1 aliphatic heterocycles. The Balaban J connectivity index is 1.21. The molecular formula is C32H24N6O. The Hall–Kier alpha value is -5.56. The van der Waals surface area contributed by atoms with Crippen LogP contribution in [0.3, 0.4) is 0 Å². The van der Waals surface area contributed by atoms with E-state index in [1.165, 1.54) is 0 Å². The van der Waals surface area contributed by atoms with E-state index >= 15 is 0 Å². The third-order valence-electron chi connectivity index (χ3n) is 6.58. The summed E-state index contributed by atoms with van der Waals surface area (Å²) in [4.78, 5) is 18.9. The highest BCUT2D eigenvalue weighted by atomic mass is 16.1. The number of rotatable bonds is 4. The normalized spacial score (nSPS) is 12.0. The minimum absolute atomic E-state index is 0.127. The van der Waals surface area contributed by atoms with Gasteiger partial charge in [-0.2, -0.15) is 0 Å². The fourth-order valence-corrected chi connectivity index (χ4v) is 4.56. The van der Waals surface area contributed by atoms with Gasteiger partial charge in [0, 0.05) is 28.6 Å². The summed E-state index contributed by atoms with van der Waals surface area (Å²) in [6, 6.07) is 35.7. The predicted molar refractivity (Wildman–Crippen MR) is 156 cm³/mol. The van der Waals surface area contributed by atoms with Crippen molar-refractivity contribution in [3.8, 4) is 11.1 Å². The van der Waals surface area contributed by atoms with Crippen LogP contribution < -0.4 is 15.5 Å². The van der Waals surface area contributed by atoms with Crippen molar-refractivity contribution >= 4 is 40.5 Å². The highest BCUT2D eigenvalue weighted by Crippen LogP contribution is 2.35. The van der Waals surface area contributed by atoms with Crippen LogP contribution in [0.5, 0.6) is 0 Å². The molecule has 0 aliphatic carbocycles. The Labute approximate surface area is 225 Å². The summed E-state index contributed by atoms with van der Waals surface area (Å²) in [5.41, 5.74) is 5.94. The molecule has 39 heavy (non-hydrogen) atoms. The van der Waals surface area contributed by atoms with Gasteiger partial charge in [0.15, 0.2) is 5.82 Å². The van der Waals surface area contributed by atoms with Gasteiger partial charge in [0.25, 0.3) is 5.91 Å². The van der Waals surface area contributed by atoms with Gasteiger partial charge in [-0.1, -0.05) is 54.6 Å². The van der Waals surface area contributed by atoms with Crippen molar-refractivity contribution in [3.63, 3.8) is 0 Å². The predicted octanol–water partition coefficient (Wildman–Crippen LogP) is 6.92. The average Bonchev–Trinajstić information content (AvgIpc) is 3.11. The second kappa shape index (κ2) is 10.1. The topological polar surface area (TPSA) is 105 Å². The van der Waals surface area contributed by atoms with Gasteiger partial charge in [-0.15, -0.1) is 0 Å². The van der Waals surface area contributed by atoms with E-state index in [1.807, 2.05) is 84.9 Å². The molecule has 7 heteroatoms. The van der Waals surface area contributed by atoms with E-state index in [9.17, 15) is 4.79 Å². The minimum atomic E-state index is -0.214. The first kappa shape index (κ1) is 23.8. The maximum atomic E-state index is 12.9. The van der Waals surface area contributed by atoms with Crippen LogP contribution in [0.1, 0.15) is 21.5 Å². The first-order valence-corrected chi connectivity index (χ1v) is 12.4. The van der Waals surface area contributed by atoms with Gasteiger partial charge < -0.3 is 10.6 Å². The lowest BCUT2D eigenvalue weighted by atomic mass is 10.0. The summed E-state index contributed by atoms with van der Waals surface area (Å²) in [6.07, 6.45) is 1.68. The van der Waals surface area contributed by atoms with E-state index < -0.39 is 0 Å². The number of amides is 1. The van der Waals surface area contributed by atoms with Crippen molar-refractivity contribution in [2.45, 2.75) is 0 Å². The van der Waals surface area contributed by atoms with Gasteiger partial charge in [0.05, 0.1) is 11.4 Å². The zero-order valence-electron chi connectivity index (χ0n) is 20.8. The molecule has 7 nitrogen and oxygen atoms in total. The molecule has 4 aromatic carbocycles. The second-order valence-corrected chi connectivity index (χ2v) is 9.05. The number of para-hydroxylation sites is 1. The molecule has 5 aromatic rings. The molecule has 0 radical (unpaired) electrons. The Kier molecular flexibility index (Phi) is 6.15. The number of benzene rings is 4. The molecule has 2 heterocycles. The van der Waals surface area contributed by atoms with Crippen LogP contribution in [-0.2, 0) is 0 Å². The minimum Gasteiger partial charge on any atom is -0.338 e. The molecule has 1 aliphatic rings. The molecule has 0 saturated carbocycles. The van der Waals surface area contributed by atoms with Crippen LogP contribution in [0, 0.1) is 10.8 Å². The van der Waals surface area contributed by atoms with Crippen LogP contribution in [0.25, 0.3) is 11.1 Å². The average molecular weight is 509 g/mol. The number of hydrogen-bond donors (Lipinski definition) is 4. The lowest BCUT2D eigenvalue weighted by molar-refractivity contribution is 0.102. The lowest BCUT2D eigenvalue weighted by Gasteiger charge is -2.25. The number of carbonyl (C=O) groups is 1. The number of nitrogens with one attached hydrogen (secondary N) is 4. The highest BCUT2D eigenvalue weighted by Gasteiger charge is 2.28.